The maximum Gasteiger partial charge on any atom is 0.406 e. The Labute approximate surface area is 237 Å². The lowest BCUT2D eigenvalue weighted by molar-refractivity contribution is 0.0700. The highest BCUT2D eigenvalue weighted by molar-refractivity contribution is 6.00. The van der Waals surface area contributed by atoms with Crippen molar-refractivity contribution < 1.29 is 19.1 Å². The molecule has 2 unspecified atom stereocenters. The minimum Gasteiger partial charge on any atom is -0.494 e. The molecule has 4 heterocycles. The molecule has 11 nitrogen and oxygen atoms in total. The fourth-order valence-electron chi connectivity index (χ4n) is 6.73. The molecule has 2 amide bonds. The molecular formula is C30H35N7O4. The molecule has 214 valence electrons. The summed E-state index contributed by atoms with van der Waals surface area (Å²) >= 11 is 0. The Kier molecular flexibility index (Phi) is 6.33. The van der Waals surface area contributed by atoms with Crippen molar-refractivity contribution in [1.82, 2.24) is 29.3 Å². The Morgan fingerprint density at radius 3 is 2.68 bits per heavy atom. The number of pyridine rings is 1. The molecule has 1 saturated heterocycles. The lowest BCUT2D eigenvalue weighted by atomic mass is 10.1. The van der Waals surface area contributed by atoms with Crippen molar-refractivity contribution in [3.8, 4) is 17.3 Å². The van der Waals surface area contributed by atoms with E-state index in [1.807, 2.05) is 23.2 Å². The van der Waals surface area contributed by atoms with Gasteiger partial charge >= 0.3 is 6.09 Å². The van der Waals surface area contributed by atoms with E-state index in [0.29, 0.717) is 48.3 Å². The smallest absolute Gasteiger partial charge is 0.406 e. The number of carbonyl (C=O) groups excluding carboxylic acids is 2. The van der Waals surface area contributed by atoms with Crippen molar-refractivity contribution in [1.29, 1.82) is 0 Å². The van der Waals surface area contributed by atoms with Crippen molar-refractivity contribution in [3.05, 3.63) is 42.1 Å². The van der Waals surface area contributed by atoms with E-state index in [1.54, 1.807) is 13.2 Å². The van der Waals surface area contributed by atoms with Crippen LogP contribution in [0.5, 0.6) is 5.75 Å². The van der Waals surface area contributed by atoms with Gasteiger partial charge in [-0.1, -0.05) is 0 Å². The van der Waals surface area contributed by atoms with Crippen molar-refractivity contribution in [3.63, 3.8) is 0 Å². The van der Waals surface area contributed by atoms with E-state index in [0.717, 1.165) is 47.5 Å². The first-order valence-corrected chi connectivity index (χ1v) is 14.4. The molecule has 0 radical (unpaired) electrons. The average Bonchev–Trinajstić information content (AvgIpc) is 3.35. The minimum absolute atomic E-state index is 0.0386. The number of piperidine rings is 1. The van der Waals surface area contributed by atoms with Gasteiger partial charge < -0.3 is 34.6 Å². The number of hydrogen-bond acceptors (Lipinski definition) is 7. The normalized spacial score (nSPS) is 21.6. The summed E-state index contributed by atoms with van der Waals surface area (Å²) in [5, 5.41) is 3.82. The van der Waals surface area contributed by atoms with Gasteiger partial charge in [-0.25, -0.2) is 14.8 Å². The van der Waals surface area contributed by atoms with Crippen LogP contribution in [0.25, 0.3) is 33.6 Å². The number of likely N-dealkylation sites (tertiary alicyclic amines) is 1. The maximum absolute atomic E-state index is 13.7. The van der Waals surface area contributed by atoms with Crippen LogP contribution >= 0.6 is 0 Å². The number of nitrogens with one attached hydrogen (secondary N) is 1. The maximum atomic E-state index is 13.7. The number of alkyl carbamates (subject to hydrolysis) is 1. The van der Waals surface area contributed by atoms with E-state index >= 15 is 0 Å². The Morgan fingerprint density at radius 2 is 1.98 bits per heavy atom. The van der Waals surface area contributed by atoms with Gasteiger partial charge in [0.15, 0.2) is 5.82 Å². The van der Waals surface area contributed by atoms with Crippen LogP contribution in [0.4, 0.5) is 4.79 Å². The number of rotatable bonds is 8. The highest BCUT2D eigenvalue weighted by Crippen LogP contribution is 2.40. The number of hydrogen-bond donors (Lipinski definition) is 2. The lowest BCUT2D eigenvalue weighted by Crippen LogP contribution is -2.41. The molecule has 3 aliphatic rings. The van der Waals surface area contributed by atoms with Gasteiger partial charge in [-0.3, -0.25) is 4.79 Å². The van der Waals surface area contributed by atoms with E-state index < -0.39 is 6.09 Å². The molecular weight excluding hydrogens is 522 g/mol. The van der Waals surface area contributed by atoms with Crippen molar-refractivity contribution in [2.45, 2.75) is 50.9 Å². The highest BCUT2D eigenvalue weighted by Gasteiger charge is 2.47. The number of benzene rings is 1. The standard InChI is InChI=1S/C30H35N7O4/c1-40-24-14-20(29(38)37-16-19-7-8-22(37)25(19)31)12-21-26(24)35(11-10-33-30(39)41-2)28(34-21)23-13-18-4-3-9-32-27(18)36(23)15-17-5-6-17/h3-4,9,12-14,17,19,22,25H,5-8,10-11,15-16,31H2,1-2H3,(H,33,39)/t19?,22?,25-/m1/s1. The lowest BCUT2D eigenvalue weighted by Gasteiger charge is -2.27. The van der Waals surface area contributed by atoms with Gasteiger partial charge in [-0.15, -0.1) is 0 Å². The van der Waals surface area contributed by atoms with Crippen LogP contribution in [0.3, 0.4) is 0 Å². The average molecular weight is 558 g/mol. The molecule has 3 N–H and O–H groups in total. The van der Waals surface area contributed by atoms with Crippen molar-refractivity contribution in [2.24, 2.45) is 17.6 Å². The van der Waals surface area contributed by atoms with E-state index in [1.165, 1.54) is 20.0 Å². The summed E-state index contributed by atoms with van der Waals surface area (Å²) in [6.45, 7) is 2.30. The number of fused-ring (bicyclic) bond motifs is 4. The summed E-state index contributed by atoms with van der Waals surface area (Å²) in [4.78, 5) is 37.3. The first-order valence-electron chi connectivity index (χ1n) is 14.4. The molecule has 2 saturated carbocycles. The summed E-state index contributed by atoms with van der Waals surface area (Å²) in [5.41, 5.74) is 10.2. The first kappa shape index (κ1) is 25.8. The summed E-state index contributed by atoms with van der Waals surface area (Å²) in [6.07, 6.45) is 5.74. The zero-order chi connectivity index (χ0) is 28.2. The van der Waals surface area contributed by atoms with Crippen LogP contribution in [0.15, 0.2) is 36.5 Å². The highest BCUT2D eigenvalue weighted by atomic mass is 16.5. The van der Waals surface area contributed by atoms with Gasteiger partial charge in [0, 0.05) is 55.4 Å². The van der Waals surface area contributed by atoms with Gasteiger partial charge in [0.25, 0.3) is 5.91 Å². The Balaban J connectivity index is 1.36. The number of nitrogens with zero attached hydrogens (tertiary/aromatic N) is 5. The Bertz CT molecular complexity index is 1660. The van der Waals surface area contributed by atoms with Crippen molar-refractivity contribution in [2.75, 3.05) is 27.3 Å². The number of nitrogens with two attached hydrogens (primary N) is 1. The van der Waals surface area contributed by atoms with Crippen molar-refractivity contribution >= 4 is 34.1 Å². The summed E-state index contributed by atoms with van der Waals surface area (Å²) < 4.78 is 15.0. The molecule has 4 aromatic rings. The van der Waals surface area contributed by atoms with Gasteiger partial charge in [0.2, 0.25) is 0 Å². The van der Waals surface area contributed by atoms with Crippen LogP contribution in [-0.2, 0) is 17.8 Å². The minimum atomic E-state index is -0.499. The van der Waals surface area contributed by atoms with Gasteiger partial charge in [-0.2, -0.15) is 0 Å². The zero-order valence-corrected chi connectivity index (χ0v) is 23.4. The molecule has 1 aromatic carbocycles. The van der Waals surface area contributed by atoms with Crippen LogP contribution in [-0.4, -0.2) is 75.4 Å². The second kappa shape index (κ2) is 10.1. The number of amides is 2. The summed E-state index contributed by atoms with van der Waals surface area (Å²) in [7, 11) is 2.95. The molecule has 7 rings (SSSR count). The number of imidazole rings is 1. The topological polar surface area (TPSA) is 130 Å². The number of ether oxygens (including phenoxy) is 2. The fraction of sp³-hybridized carbons (Fsp3) is 0.467. The summed E-state index contributed by atoms with van der Waals surface area (Å²) in [6, 6.07) is 9.91. The Morgan fingerprint density at radius 1 is 1.12 bits per heavy atom. The van der Waals surface area contributed by atoms with Gasteiger partial charge in [0.1, 0.15) is 16.9 Å². The van der Waals surface area contributed by atoms with E-state index in [-0.39, 0.29) is 18.0 Å². The molecule has 3 fully saturated rings. The SMILES string of the molecule is COC(=O)NCCn1c(-c2cc3cccnc3n2CC2CC2)nc2cc(C(=O)N3CC4CCC3[C@@H]4N)cc(OC)c21. The molecule has 3 atom stereocenters. The fourth-order valence-corrected chi connectivity index (χ4v) is 6.73. The van der Waals surface area contributed by atoms with Crippen LogP contribution in [0, 0.1) is 11.8 Å². The zero-order valence-electron chi connectivity index (χ0n) is 23.4. The molecule has 2 aliphatic carbocycles. The second-order valence-corrected chi connectivity index (χ2v) is 11.5. The largest absolute Gasteiger partial charge is 0.494 e. The molecule has 0 spiro atoms. The second-order valence-electron chi connectivity index (χ2n) is 11.5. The number of methoxy groups -OCH3 is 2. The third-order valence-corrected chi connectivity index (χ3v) is 9.00. The monoisotopic (exact) mass is 557 g/mol. The van der Waals surface area contributed by atoms with Crippen LogP contribution in [0.2, 0.25) is 0 Å². The number of aromatic nitrogens is 4. The van der Waals surface area contributed by atoms with Crippen LogP contribution < -0.4 is 15.8 Å². The van der Waals surface area contributed by atoms with Gasteiger partial charge in [0.05, 0.1) is 25.4 Å². The summed E-state index contributed by atoms with van der Waals surface area (Å²) in [5.74, 6) is 2.23. The van der Waals surface area contributed by atoms with Crippen LogP contribution in [0.1, 0.15) is 36.0 Å². The quantitative estimate of drug-likeness (QED) is 0.340. The molecule has 2 bridgehead atoms. The van der Waals surface area contributed by atoms with E-state index in [9.17, 15) is 9.59 Å². The van der Waals surface area contributed by atoms with E-state index in [4.69, 9.17) is 25.2 Å². The third kappa shape index (κ3) is 4.39. The first-order chi connectivity index (χ1) is 20.0. The molecule has 41 heavy (non-hydrogen) atoms. The van der Waals surface area contributed by atoms with Gasteiger partial charge in [-0.05, 0) is 67.9 Å². The molecule has 1 aliphatic heterocycles. The molecule has 11 heteroatoms. The third-order valence-electron chi connectivity index (χ3n) is 9.00. The number of carbonyl (C=O) groups is 2. The predicted octanol–water partition coefficient (Wildman–Crippen LogP) is 3.39. The molecule has 3 aromatic heterocycles. The van der Waals surface area contributed by atoms with E-state index in [2.05, 4.69) is 26.6 Å². The predicted molar refractivity (Wildman–Crippen MR) is 154 cm³/mol. The Hall–Kier alpha value is -4.12.